The Hall–Kier alpha value is -4.92. The lowest BCUT2D eigenvalue weighted by Gasteiger charge is -2.17. The third-order valence-electron chi connectivity index (χ3n) is 6.53. The molecular formula is C30H29N5O4. The third-order valence-corrected chi connectivity index (χ3v) is 6.53. The van der Waals surface area contributed by atoms with Gasteiger partial charge in [0, 0.05) is 17.5 Å². The van der Waals surface area contributed by atoms with Gasteiger partial charge in [0.05, 0.1) is 23.3 Å². The van der Waals surface area contributed by atoms with Crippen LogP contribution in [0, 0.1) is 20.8 Å². The van der Waals surface area contributed by atoms with Gasteiger partial charge in [-0.2, -0.15) is 0 Å². The number of nitrogens with zero attached hydrogens (tertiary/aromatic N) is 2. The maximum atomic E-state index is 12.9. The molecule has 0 aliphatic heterocycles. The van der Waals surface area contributed by atoms with E-state index in [4.69, 9.17) is 4.42 Å². The molecule has 9 nitrogen and oxygen atoms in total. The average Bonchev–Trinajstić information content (AvgIpc) is 3.54. The minimum absolute atomic E-state index is 0.142. The van der Waals surface area contributed by atoms with Crippen LogP contribution < -0.4 is 10.6 Å². The van der Waals surface area contributed by atoms with Gasteiger partial charge in [-0.15, -0.1) is 0 Å². The number of fused-ring (bicyclic) bond motifs is 1. The number of aliphatic carboxylic acids is 1. The Morgan fingerprint density at radius 2 is 1.72 bits per heavy atom. The molecule has 3 aromatic carbocycles. The summed E-state index contributed by atoms with van der Waals surface area (Å²) in [6, 6.07) is 17.8. The number of carbonyl (C=O) groups is 2. The van der Waals surface area contributed by atoms with Crippen LogP contribution >= 0.6 is 0 Å². The van der Waals surface area contributed by atoms with Gasteiger partial charge in [-0.05, 0) is 61.7 Å². The van der Waals surface area contributed by atoms with Crippen molar-refractivity contribution >= 4 is 28.9 Å². The zero-order chi connectivity index (χ0) is 27.5. The first-order valence-electron chi connectivity index (χ1n) is 12.6. The van der Waals surface area contributed by atoms with Crippen molar-refractivity contribution in [3.8, 4) is 11.5 Å². The monoisotopic (exact) mass is 523 g/mol. The van der Waals surface area contributed by atoms with Crippen molar-refractivity contribution in [2.75, 3.05) is 5.32 Å². The highest BCUT2D eigenvalue weighted by Crippen LogP contribution is 2.21. The van der Waals surface area contributed by atoms with E-state index in [-0.39, 0.29) is 6.42 Å². The lowest BCUT2D eigenvalue weighted by atomic mass is 9.98. The van der Waals surface area contributed by atoms with Gasteiger partial charge in [0.15, 0.2) is 0 Å². The molecule has 0 spiro atoms. The van der Waals surface area contributed by atoms with Crippen molar-refractivity contribution < 1.29 is 19.1 Å². The highest BCUT2D eigenvalue weighted by atomic mass is 16.4. The van der Waals surface area contributed by atoms with Crippen molar-refractivity contribution in [3.63, 3.8) is 0 Å². The normalized spacial score (nSPS) is 11.9. The summed E-state index contributed by atoms with van der Waals surface area (Å²) >= 11 is 0. The number of carboxylic acids is 1. The minimum Gasteiger partial charge on any atom is -0.480 e. The summed E-state index contributed by atoms with van der Waals surface area (Å²) in [5.74, 6) is -0.379. The second-order valence-corrected chi connectivity index (χ2v) is 9.64. The summed E-state index contributed by atoms with van der Waals surface area (Å²) in [4.78, 5) is 37.1. The molecule has 0 saturated heterocycles. The maximum absolute atomic E-state index is 12.9. The Balaban J connectivity index is 1.22. The lowest BCUT2D eigenvalue weighted by molar-refractivity contribution is -0.139. The van der Waals surface area contributed by atoms with Crippen LogP contribution in [0.3, 0.4) is 0 Å². The Kier molecular flexibility index (Phi) is 7.14. The quantitative estimate of drug-likeness (QED) is 0.209. The molecule has 0 bridgehead atoms. The van der Waals surface area contributed by atoms with Crippen LogP contribution in [0.4, 0.5) is 5.95 Å². The molecular weight excluding hydrogens is 494 g/mol. The molecule has 5 aromatic rings. The molecule has 1 atom stereocenters. The molecule has 5 rings (SSSR count). The van der Waals surface area contributed by atoms with Crippen LogP contribution in [-0.4, -0.2) is 38.0 Å². The highest BCUT2D eigenvalue weighted by molar-refractivity contribution is 5.99. The molecule has 198 valence electrons. The maximum Gasteiger partial charge on any atom is 0.326 e. The number of carbonyl (C=O) groups excluding carboxylic acids is 1. The molecule has 4 N–H and O–H groups in total. The summed E-state index contributed by atoms with van der Waals surface area (Å²) in [6.45, 7) is 6.10. The number of hydrogen-bond acceptors (Lipinski definition) is 6. The van der Waals surface area contributed by atoms with Gasteiger partial charge in [0.1, 0.15) is 12.3 Å². The number of aromatic nitrogens is 3. The van der Waals surface area contributed by atoms with Crippen LogP contribution in [0.25, 0.3) is 22.5 Å². The van der Waals surface area contributed by atoms with Crippen LogP contribution in [0.15, 0.2) is 71.3 Å². The van der Waals surface area contributed by atoms with Gasteiger partial charge in [-0.25, -0.2) is 14.8 Å². The molecule has 1 unspecified atom stereocenters. The van der Waals surface area contributed by atoms with Crippen molar-refractivity contribution in [1.29, 1.82) is 0 Å². The fraction of sp³-hybridized carbons (Fsp3) is 0.200. The number of nitrogens with one attached hydrogen (secondary N) is 3. The van der Waals surface area contributed by atoms with E-state index in [9.17, 15) is 14.7 Å². The van der Waals surface area contributed by atoms with Crippen LogP contribution in [-0.2, 0) is 17.8 Å². The number of benzene rings is 3. The highest BCUT2D eigenvalue weighted by Gasteiger charge is 2.23. The topological polar surface area (TPSA) is 133 Å². The van der Waals surface area contributed by atoms with E-state index in [1.165, 1.54) is 0 Å². The Morgan fingerprint density at radius 1 is 1.00 bits per heavy atom. The van der Waals surface area contributed by atoms with Crippen molar-refractivity contribution in [3.05, 3.63) is 100 Å². The van der Waals surface area contributed by atoms with Gasteiger partial charge in [0.2, 0.25) is 11.8 Å². The Bertz CT molecular complexity index is 1600. The average molecular weight is 524 g/mol. The SMILES string of the molecule is Cc1cc(C)c(C(=O)NC(Cc2ccc(-c3nc(CNc4nc5ccccc5[nH]4)co3)cc2)C(=O)O)c(C)c1. The fourth-order valence-corrected chi connectivity index (χ4v) is 4.72. The smallest absolute Gasteiger partial charge is 0.326 e. The number of hydrogen-bond donors (Lipinski definition) is 4. The molecule has 2 heterocycles. The largest absolute Gasteiger partial charge is 0.480 e. The summed E-state index contributed by atoms with van der Waals surface area (Å²) < 4.78 is 5.66. The molecule has 0 aliphatic rings. The fourth-order valence-electron chi connectivity index (χ4n) is 4.72. The number of anilines is 1. The van der Waals surface area contributed by atoms with Gasteiger partial charge in [-0.3, -0.25) is 4.79 Å². The third kappa shape index (κ3) is 5.82. The van der Waals surface area contributed by atoms with Gasteiger partial charge in [-0.1, -0.05) is 42.0 Å². The number of amides is 1. The molecule has 9 heteroatoms. The van der Waals surface area contributed by atoms with E-state index < -0.39 is 17.9 Å². The number of H-pyrrole nitrogens is 1. The van der Waals surface area contributed by atoms with Crippen molar-refractivity contribution in [1.82, 2.24) is 20.3 Å². The summed E-state index contributed by atoms with van der Waals surface area (Å²) in [6.07, 6.45) is 1.73. The van der Waals surface area contributed by atoms with Crippen LogP contribution in [0.5, 0.6) is 0 Å². The molecule has 2 aromatic heterocycles. The predicted molar refractivity (Wildman–Crippen MR) is 149 cm³/mol. The van der Waals surface area contributed by atoms with Crippen molar-refractivity contribution in [2.45, 2.75) is 39.8 Å². The number of aromatic amines is 1. The van der Waals surface area contributed by atoms with E-state index in [0.717, 1.165) is 38.9 Å². The minimum atomic E-state index is -1.09. The second-order valence-electron chi connectivity index (χ2n) is 9.64. The zero-order valence-electron chi connectivity index (χ0n) is 21.9. The Morgan fingerprint density at radius 3 is 2.41 bits per heavy atom. The number of oxazole rings is 1. The van der Waals surface area contributed by atoms with Gasteiger partial charge < -0.3 is 25.1 Å². The van der Waals surface area contributed by atoms with E-state index in [1.807, 2.05) is 81.4 Å². The number of aryl methyl sites for hydroxylation is 3. The van der Waals surface area contributed by atoms with E-state index in [2.05, 4.69) is 25.6 Å². The lowest BCUT2D eigenvalue weighted by Crippen LogP contribution is -2.42. The predicted octanol–water partition coefficient (Wildman–Crippen LogP) is 5.18. The Labute approximate surface area is 225 Å². The van der Waals surface area contributed by atoms with Crippen LogP contribution in [0.1, 0.15) is 38.3 Å². The van der Waals surface area contributed by atoms with E-state index in [0.29, 0.717) is 29.6 Å². The molecule has 0 saturated carbocycles. The van der Waals surface area contributed by atoms with E-state index >= 15 is 0 Å². The molecule has 0 aliphatic carbocycles. The van der Waals surface area contributed by atoms with E-state index in [1.54, 1.807) is 6.26 Å². The molecule has 1 amide bonds. The van der Waals surface area contributed by atoms with Crippen molar-refractivity contribution in [2.24, 2.45) is 0 Å². The summed E-state index contributed by atoms with van der Waals surface area (Å²) in [5.41, 5.74) is 7.27. The molecule has 0 fully saturated rings. The first-order valence-corrected chi connectivity index (χ1v) is 12.6. The summed E-state index contributed by atoms with van der Waals surface area (Å²) in [7, 11) is 0. The first kappa shape index (κ1) is 25.7. The van der Waals surface area contributed by atoms with Gasteiger partial charge >= 0.3 is 5.97 Å². The standard InChI is InChI=1S/C30H29N5O4/c1-17-12-18(2)26(19(3)13-17)27(36)33-25(29(37)38)14-20-8-10-21(11-9-20)28-32-22(16-39-28)15-31-30-34-23-6-4-5-7-24(23)35-30/h4-13,16,25H,14-15H2,1-3H3,(H,33,36)(H,37,38)(H2,31,34,35). The second kappa shape index (κ2) is 10.8. The number of para-hydroxylation sites is 2. The number of carboxylic acid groups (broad SMARTS) is 1. The first-order chi connectivity index (χ1) is 18.8. The molecule has 0 radical (unpaired) electrons. The zero-order valence-corrected chi connectivity index (χ0v) is 21.9. The molecule has 39 heavy (non-hydrogen) atoms. The number of rotatable bonds is 9. The summed E-state index contributed by atoms with van der Waals surface area (Å²) in [5, 5.41) is 15.7. The van der Waals surface area contributed by atoms with Gasteiger partial charge in [0.25, 0.3) is 5.91 Å². The number of imidazole rings is 1. The van der Waals surface area contributed by atoms with Crippen LogP contribution in [0.2, 0.25) is 0 Å².